The van der Waals surface area contributed by atoms with Gasteiger partial charge in [-0.3, -0.25) is 4.79 Å². The normalized spacial score (nSPS) is 17.2. The zero-order chi connectivity index (χ0) is 25.8. The van der Waals surface area contributed by atoms with Gasteiger partial charge in [0.2, 0.25) is 0 Å². The number of para-hydroxylation sites is 1. The fourth-order valence-corrected chi connectivity index (χ4v) is 5.19. The first-order chi connectivity index (χ1) is 18.0. The lowest BCUT2D eigenvalue weighted by atomic mass is 9.76. The minimum atomic E-state index is -0.404. The van der Waals surface area contributed by atoms with E-state index in [4.69, 9.17) is 19.9 Å². The van der Waals surface area contributed by atoms with Crippen LogP contribution < -0.4 is 15.4 Å². The van der Waals surface area contributed by atoms with E-state index in [1.807, 2.05) is 36.4 Å². The summed E-state index contributed by atoms with van der Waals surface area (Å²) in [4.78, 5) is 13.0. The molecular formula is C30H33FN2O4. The van der Waals surface area contributed by atoms with Crippen LogP contribution in [0.25, 0.3) is 11.1 Å². The first-order valence-corrected chi connectivity index (χ1v) is 12.7. The molecule has 2 N–H and O–H groups in total. The van der Waals surface area contributed by atoms with Crippen molar-refractivity contribution < 1.29 is 23.4 Å². The highest BCUT2D eigenvalue weighted by Crippen LogP contribution is 2.40. The summed E-state index contributed by atoms with van der Waals surface area (Å²) in [5, 5.41) is 0. The molecule has 0 saturated carbocycles. The Hall–Kier alpha value is -3.42. The van der Waals surface area contributed by atoms with Crippen molar-refractivity contribution in [1.82, 2.24) is 0 Å². The number of carbonyl (C=O) groups excluding carboxylic acids is 1. The van der Waals surface area contributed by atoms with E-state index in [1.165, 1.54) is 0 Å². The van der Waals surface area contributed by atoms with Gasteiger partial charge in [0.25, 0.3) is 6.47 Å². The fourth-order valence-electron chi connectivity index (χ4n) is 5.19. The summed E-state index contributed by atoms with van der Waals surface area (Å²) >= 11 is 0. The van der Waals surface area contributed by atoms with Gasteiger partial charge in [-0.05, 0) is 55.2 Å². The van der Waals surface area contributed by atoms with E-state index in [1.54, 1.807) is 19.1 Å². The molecule has 2 aliphatic heterocycles. The van der Waals surface area contributed by atoms with Crippen LogP contribution in [-0.2, 0) is 27.5 Å². The molecule has 5 rings (SSSR count). The van der Waals surface area contributed by atoms with Crippen molar-refractivity contribution in [2.24, 2.45) is 11.1 Å². The Morgan fingerprint density at radius 2 is 1.86 bits per heavy atom. The molecule has 0 radical (unpaired) electrons. The molecule has 0 unspecified atom stereocenters. The molecule has 0 aromatic heterocycles. The summed E-state index contributed by atoms with van der Waals surface area (Å²) in [6.07, 6.45) is 2.17. The van der Waals surface area contributed by atoms with Crippen LogP contribution in [0.2, 0.25) is 0 Å². The van der Waals surface area contributed by atoms with Crippen LogP contribution in [0.15, 0.2) is 60.7 Å². The fraction of sp³-hybridized carbons (Fsp3) is 0.367. The minimum Gasteiger partial charge on any atom is -0.488 e. The summed E-state index contributed by atoms with van der Waals surface area (Å²) < 4.78 is 32.1. The summed E-state index contributed by atoms with van der Waals surface area (Å²) in [6, 6.07) is 18.6. The number of nitrogens with zero attached hydrogens (tertiary/aromatic N) is 1. The Kier molecular flexibility index (Phi) is 7.44. The molecule has 0 amide bonds. The molecule has 0 aliphatic carbocycles. The number of halogens is 1. The van der Waals surface area contributed by atoms with Crippen molar-refractivity contribution in [1.29, 1.82) is 0 Å². The van der Waals surface area contributed by atoms with E-state index in [0.29, 0.717) is 35.4 Å². The lowest BCUT2D eigenvalue weighted by molar-refractivity contribution is -0.129. The number of anilines is 1. The average Bonchev–Trinajstić information content (AvgIpc) is 2.90. The van der Waals surface area contributed by atoms with E-state index in [-0.39, 0.29) is 12.4 Å². The number of hydrogen-bond acceptors (Lipinski definition) is 6. The highest BCUT2D eigenvalue weighted by molar-refractivity contribution is 5.71. The number of carbonyl (C=O) groups is 1. The standard InChI is InChI=1S/C30H33FN2O4/c1-21(32)26-6-4-7-27(29(26)31)24-13-22(16-37-28-8-3-2-5-23(28)17-35-20-34)14-25(15-24)33-11-9-30(10-12-33)18-36-19-30/h2-8,13-15,20-21H,9-12,16-19,32H2,1H3/t21-/m1/s1. The van der Waals surface area contributed by atoms with E-state index in [9.17, 15) is 4.79 Å². The Morgan fingerprint density at radius 3 is 2.57 bits per heavy atom. The highest BCUT2D eigenvalue weighted by atomic mass is 19.1. The third-order valence-electron chi connectivity index (χ3n) is 7.49. The topological polar surface area (TPSA) is 74.0 Å². The summed E-state index contributed by atoms with van der Waals surface area (Å²) in [5.41, 5.74) is 10.9. The molecule has 194 valence electrons. The monoisotopic (exact) mass is 504 g/mol. The van der Waals surface area contributed by atoms with Crippen LogP contribution in [0.1, 0.15) is 42.5 Å². The van der Waals surface area contributed by atoms with E-state index in [2.05, 4.69) is 17.0 Å². The van der Waals surface area contributed by atoms with Crippen molar-refractivity contribution in [2.75, 3.05) is 31.2 Å². The number of rotatable bonds is 9. The van der Waals surface area contributed by atoms with Gasteiger partial charge in [0.15, 0.2) is 0 Å². The maximum atomic E-state index is 15.5. The van der Waals surface area contributed by atoms with Crippen LogP contribution in [0, 0.1) is 11.2 Å². The first-order valence-electron chi connectivity index (χ1n) is 12.7. The lowest BCUT2D eigenvalue weighted by Crippen LogP contribution is -2.50. The van der Waals surface area contributed by atoms with Gasteiger partial charge in [0.05, 0.1) is 13.2 Å². The molecule has 2 saturated heterocycles. The Labute approximate surface area is 217 Å². The molecule has 2 heterocycles. The van der Waals surface area contributed by atoms with Crippen molar-refractivity contribution in [3.63, 3.8) is 0 Å². The van der Waals surface area contributed by atoms with Crippen molar-refractivity contribution >= 4 is 12.2 Å². The zero-order valence-corrected chi connectivity index (χ0v) is 21.1. The molecule has 7 heteroatoms. The summed E-state index contributed by atoms with van der Waals surface area (Å²) in [6.45, 7) is 6.21. The van der Waals surface area contributed by atoms with Gasteiger partial charge >= 0.3 is 0 Å². The maximum Gasteiger partial charge on any atom is 0.293 e. The smallest absolute Gasteiger partial charge is 0.293 e. The molecule has 37 heavy (non-hydrogen) atoms. The van der Waals surface area contributed by atoms with Crippen LogP contribution in [-0.4, -0.2) is 32.8 Å². The highest BCUT2D eigenvalue weighted by Gasteiger charge is 2.41. The van der Waals surface area contributed by atoms with Crippen LogP contribution in [0.3, 0.4) is 0 Å². The number of piperidine rings is 1. The second-order valence-electron chi connectivity index (χ2n) is 10.2. The summed E-state index contributed by atoms with van der Waals surface area (Å²) in [7, 11) is 0. The SMILES string of the molecule is C[C@@H](N)c1cccc(-c2cc(COc3ccccc3COC=O)cc(N3CCC4(CC3)COC4)c2)c1F. The average molecular weight is 505 g/mol. The van der Waals surface area contributed by atoms with Gasteiger partial charge in [-0.1, -0.05) is 36.4 Å². The predicted octanol–water partition coefficient (Wildman–Crippen LogP) is 5.38. The van der Waals surface area contributed by atoms with Crippen molar-refractivity contribution in [3.05, 3.63) is 83.2 Å². The van der Waals surface area contributed by atoms with Crippen LogP contribution in [0.4, 0.5) is 10.1 Å². The van der Waals surface area contributed by atoms with Gasteiger partial charge in [0, 0.05) is 46.9 Å². The van der Waals surface area contributed by atoms with Crippen molar-refractivity contribution in [3.8, 4) is 16.9 Å². The predicted molar refractivity (Wildman–Crippen MR) is 141 cm³/mol. The second kappa shape index (κ2) is 10.9. The Bertz CT molecular complexity index is 1250. The molecule has 1 atom stereocenters. The molecule has 3 aromatic rings. The second-order valence-corrected chi connectivity index (χ2v) is 10.2. The van der Waals surface area contributed by atoms with E-state index < -0.39 is 6.04 Å². The number of nitrogens with two attached hydrogens (primary N) is 1. The molecular weight excluding hydrogens is 471 g/mol. The van der Waals surface area contributed by atoms with E-state index in [0.717, 1.165) is 61.5 Å². The molecule has 3 aromatic carbocycles. The van der Waals surface area contributed by atoms with E-state index >= 15 is 4.39 Å². The van der Waals surface area contributed by atoms with Crippen LogP contribution in [0.5, 0.6) is 5.75 Å². The Morgan fingerprint density at radius 1 is 1.08 bits per heavy atom. The van der Waals surface area contributed by atoms with Gasteiger partial charge in [-0.15, -0.1) is 0 Å². The largest absolute Gasteiger partial charge is 0.488 e. The Balaban J connectivity index is 1.46. The van der Waals surface area contributed by atoms with Gasteiger partial charge < -0.3 is 24.8 Å². The number of hydrogen-bond donors (Lipinski definition) is 1. The van der Waals surface area contributed by atoms with Crippen molar-refractivity contribution in [2.45, 2.75) is 39.0 Å². The third-order valence-corrected chi connectivity index (χ3v) is 7.49. The zero-order valence-electron chi connectivity index (χ0n) is 21.1. The van der Waals surface area contributed by atoms with Gasteiger partial charge in [-0.25, -0.2) is 4.39 Å². The minimum absolute atomic E-state index is 0.138. The summed E-state index contributed by atoms with van der Waals surface area (Å²) in [5.74, 6) is 0.355. The first kappa shape index (κ1) is 25.2. The number of benzene rings is 3. The molecule has 0 bridgehead atoms. The molecule has 6 nitrogen and oxygen atoms in total. The quantitative estimate of drug-likeness (QED) is 0.395. The molecule has 2 aliphatic rings. The van der Waals surface area contributed by atoms with Crippen LogP contribution >= 0.6 is 0 Å². The third kappa shape index (κ3) is 5.48. The lowest BCUT2D eigenvalue weighted by Gasteiger charge is -2.48. The van der Waals surface area contributed by atoms with Gasteiger partial charge in [0.1, 0.15) is 24.8 Å². The number of ether oxygens (including phenoxy) is 3. The maximum absolute atomic E-state index is 15.5. The molecule has 2 fully saturated rings. The molecule has 1 spiro atoms. The van der Waals surface area contributed by atoms with Gasteiger partial charge in [-0.2, -0.15) is 0 Å².